The lowest BCUT2D eigenvalue weighted by molar-refractivity contribution is 0.102. The highest BCUT2D eigenvalue weighted by atomic mass is 32.2. The monoisotopic (exact) mass is 437 g/mol. The number of aromatic nitrogens is 2. The molecular formula is C23H20FN3O3S. The first-order valence-corrected chi connectivity index (χ1v) is 11.2. The van der Waals surface area contributed by atoms with Crippen LogP contribution in [0.5, 0.6) is 0 Å². The number of H-pyrrole nitrogens is 1. The van der Waals surface area contributed by atoms with E-state index in [0.29, 0.717) is 11.5 Å². The molecule has 2 N–H and O–H groups in total. The van der Waals surface area contributed by atoms with Gasteiger partial charge in [0.2, 0.25) is 0 Å². The van der Waals surface area contributed by atoms with Gasteiger partial charge in [-0.3, -0.25) is 4.79 Å². The van der Waals surface area contributed by atoms with E-state index in [0.717, 1.165) is 28.7 Å². The Balaban J connectivity index is 1.56. The third kappa shape index (κ3) is 4.06. The van der Waals surface area contributed by atoms with Gasteiger partial charge in [0.1, 0.15) is 11.6 Å². The van der Waals surface area contributed by atoms with Crippen LogP contribution in [0.2, 0.25) is 0 Å². The first kappa shape index (κ1) is 20.7. The number of rotatable bonds is 5. The number of para-hydroxylation sites is 2. The third-order valence-electron chi connectivity index (χ3n) is 4.94. The predicted molar refractivity (Wildman–Crippen MR) is 118 cm³/mol. The maximum atomic E-state index is 14.2. The van der Waals surface area contributed by atoms with Crippen LogP contribution in [0.3, 0.4) is 0 Å². The Morgan fingerprint density at radius 1 is 1.03 bits per heavy atom. The smallest absolute Gasteiger partial charge is 0.258 e. The van der Waals surface area contributed by atoms with Crippen molar-refractivity contribution in [2.45, 2.75) is 24.0 Å². The number of hydrogen-bond acceptors (Lipinski definition) is 4. The Labute approximate surface area is 179 Å². The largest absolute Gasteiger partial charge is 0.338 e. The number of nitrogens with zero attached hydrogens (tertiary/aromatic N) is 1. The molecular weight excluding hydrogens is 417 g/mol. The van der Waals surface area contributed by atoms with E-state index in [1.54, 1.807) is 24.3 Å². The fraction of sp³-hybridized carbons (Fsp3) is 0.130. The molecule has 0 aliphatic heterocycles. The second-order valence-corrected chi connectivity index (χ2v) is 9.87. The van der Waals surface area contributed by atoms with Gasteiger partial charge >= 0.3 is 0 Å². The lowest BCUT2D eigenvalue weighted by Gasteiger charge is -2.11. The third-order valence-corrected chi connectivity index (χ3v) is 7.09. The SMILES string of the molecule is CC(C)S(=O)(=O)c1ccc(F)c(C(=O)Nc2ccc(-c3nc4ccccc4[nH]3)cc2)c1. The molecule has 1 heterocycles. The summed E-state index contributed by atoms with van der Waals surface area (Å²) in [5.74, 6) is -0.828. The van der Waals surface area contributed by atoms with E-state index >= 15 is 0 Å². The highest BCUT2D eigenvalue weighted by molar-refractivity contribution is 7.92. The fourth-order valence-electron chi connectivity index (χ4n) is 3.13. The zero-order valence-corrected chi connectivity index (χ0v) is 17.7. The Kier molecular flexibility index (Phi) is 5.32. The van der Waals surface area contributed by atoms with Gasteiger partial charge < -0.3 is 10.3 Å². The van der Waals surface area contributed by atoms with E-state index in [1.165, 1.54) is 19.9 Å². The number of imidazole rings is 1. The quantitative estimate of drug-likeness (QED) is 0.439. The van der Waals surface area contributed by atoms with Crippen LogP contribution in [-0.2, 0) is 9.84 Å². The summed E-state index contributed by atoms with van der Waals surface area (Å²) in [7, 11) is -3.63. The van der Waals surface area contributed by atoms with E-state index in [-0.39, 0.29) is 10.5 Å². The van der Waals surface area contributed by atoms with Crippen LogP contribution >= 0.6 is 0 Å². The standard InChI is InChI=1S/C23H20FN3O3S/c1-14(2)31(29,30)17-11-12-19(24)18(13-17)23(28)25-16-9-7-15(8-10-16)22-26-20-5-3-4-6-21(20)27-22/h3-14H,1-2H3,(H,25,28)(H,26,27). The molecule has 0 radical (unpaired) electrons. The predicted octanol–water partition coefficient (Wildman–Crippen LogP) is 4.80. The van der Waals surface area contributed by atoms with E-state index < -0.39 is 26.8 Å². The van der Waals surface area contributed by atoms with Gasteiger partial charge in [-0.2, -0.15) is 0 Å². The van der Waals surface area contributed by atoms with Crippen molar-refractivity contribution in [3.8, 4) is 11.4 Å². The van der Waals surface area contributed by atoms with Crippen molar-refractivity contribution in [2.75, 3.05) is 5.32 Å². The molecule has 31 heavy (non-hydrogen) atoms. The van der Waals surface area contributed by atoms with Gasteiger partial charge in [0.05, 0.1) is 26.7 Å². The van der Waals surface area contributed by atoms with Crippen LogP contribution < -0.4 is 5.32 Å². The zero-order chi connectivity index (χ0) is 22.2. The summed E-state index contributed by atoms with van der Waals surface area (Å²) in [5.41, 5.74) is 2.71. The molecule has 0 saturated carbocycles. The molecule has 0 fully saturated rings. The van der Waals surface area contributed by atoms with Gasteiger partial charge in [0.25, 0.3) is 5.91 Å². The summed E-state index contributed by atoms with van der Waals surface area (Å²) in [6.45, 7) is 3.06. The summed E-state index contributed by atoms with van der Waals surface area (Å²) >= 11 is 0. The minimum Gasteiger partial charge on any atom is -0.338 e. The number of anilines is 1. The number of sulfone groups is 1. The molecule has 1 amide bonds. The van der Waals surface area contributed by atoms with Gasteiger partial charge in [0, 0.05) is 11.3 Å². The van der Waals surface area contributed by atoms with Gasteiger partial charge in [-0.25, -0.2) is 17.8 Å². The number of amides is 1. The summed E-state index contributed by atoms with van der Waals surface area (Å²) in [6, 6.07) is 17.8. The minimum atomic E-state index is -3.63. The maximum absolute atomic E-state index is 14.2. The molecule has 0 bridgehead atoms. The Bertz CT molecular complexity index is 1340. The van der Waals surface area contributed by atoms with Crippen LogP contribution in [0, 0.1) is 5.82 Å². The van der Waals surface area contributed by atoms with Crippen molar-refractivity contribution in [1.29, 1.82) is 0 Å². The van der Waals surface area contributed by atoms with E-state index in [2.05, 4.69) is 15.3 Å². The molecule has 0 aliphatic rings. The molecule has 0 saturated heterocycles. The number of benzene rings is 3. The highest BCUT2D eigenvalue weighted by Crippen LogP contribution is 2.23. The number of aromatic amines is 1. The van der Waals surface area contributed by atoms with Crippen molar-refractivity contribution >= 4 is 32.5 Å². The van der Waals surface area contributed by atoms with E-state index in [9.17, 15) is 17.6 Å². The number of carbonyl (C=O) groups excluding carboxylic acids is 1. The summed E-state index contributed by atoms with van der Waals surface area (Å²) in [4.78, 5) is 20.3. The van der Waals surface area contributed by atoms with Crippen molar-refractivity contribution < 1.29 is 17.6 Å². The molecule has 0 unspecified atom stereocenters. The molecule has 0 aliphatic carbocycles. The molecule has 1 aromatic heterocycles. The lowest BCUT2D eigenvalue weighted by Crippen LogP contribution is -2.17. The first-order valence-electron chi connectivity index (χ1n) is 9.65. The topological polar surface area (TPSA) is 91.9 Å². The molecule has 4 aromatic rings. The van der Waals surface area contributed by atoms with Gasteiger partial charge in [-0.15, -0.1) is 0 Å². The maximum Gasteiger partial charge on any atom is 0.258 e. The summed E-state index contributed by atoms with van der Waals surface area (Å²) in [6.07, 6.45) is 0. The molecule has 0 spiro atoms. The number of carbonyl (C=O) groups is 1. The Morgan fingerprint density at radius 3 is 2.42 bits per heavy atom. The van der Waals surface area contributed by atoms with E-state index in [1.807, 2.05) is 24.3 Å². The molecule has 8 heteroatoms. The Morgan fingerprint density at radius 2 is 1.74 bits per heavy atom. The minimum absolute atomic E-state index is 0.0886. The van der Waals surface area contributed by atoms with Crippen LogP contribution in [-0.4, -0.2) is 29.5 Å². The average Bonchev–Trinajstić information content (AvgIpc) is 3.18. The Hall–Kier alpha value is -3.52. The first-order chi connectivity index (χ1) is 14.8. The number of hydrogen-bond donors (Lipinski definition) is 2. The normalized spacial score (nSPS) is 11.7. The number of nitrogens with one attached hydrogen (secondary N) is 2. The molecule has 0 atom stereocenters. The second-order valence-electron chi connectivity index (χ2n) is 7.37. The summed E-state index contributed by atoms with van der Waals surface area (Å²) < 4.78 is 38.9. The highest BCUT2D eigenvalue weighted by Gasteiger charge is 2.22. The summed E-state index contributed by atoms with van der Waals surface area (Å²) in [5, 5.41) is 1.93. The molecule has 158 valence electrons. The average molecular weight is 437 g/mol. The molecule has 6 nitrogen and oxygen atoms in total. The van der Waals surface area contributed by atoms with Crippen molar-refractivity contribution in [3.63, 3.8) is 0 Å². The van der Waals surface area contributed by atoms with Gasteiger partial charge in [0.15, 0.2) is 9.84 Å². The van der Waals surface area contributed by atoms with E-state index in [4.69, 9.17) is 0 Å². The number of halogens is 1. The fourth-order valence-corrected chi connectivity index (χ4v) is 4.21. The second kappa shape index (κ2) is 7.96. The zero-order valence-electron chi connectivity index (χ0n) is 16.9. The van der Waals surface area contributed by atoms with Crippen molar-refractivity contribution in [3.05, 3.63) is 78.1 Å². The molecule has 4 rings (SSSR count). The van der Waals surface area contributed by atoms with Crippen LogP contribution in [0.15, 0.2) is 71.6 Å². The van der Waals surface area contributed by atoms with Gasteiger partial charge in [-0.05, 0) is 68.4 Å². The number of fused-ring (bicyclic) bond motifs is 1. The lowest BCUT2D eigenvalue weighted by atomic mass is 10.1. The van der Waals surface area contributed by atoms with Crippen LogP contribution in [0.1, 0.15) is 24.2 Å². The van der Waals surface area contributed by atoms with Crippen LogP contribution in [0.4, 0.5) is 10.1 Å². The molecule has 3 aromatic carbocycles. The van der Waals surface area contributed by atoms with Crippen molar-refractivity contribution in [2.24, 2.45) is 0 Å². The van der Waals surface area contributed by atoms with Crippen molar-refractivity contribution in [1.82, 2.24) is 9.97 Å². The van der Waals surface area contributed by atoms with Crippen LogP contribution in [0.25, 0.3) is 22.4 Å². The van der Waals surface area contributed by atoms with Gasteiger partial charge in [-0.1, -0.05) is 12.1 Å².